The number of aromatic nitrogens is 1. The number of piperidine rings is 1. The van der Waals surface area contributed by atoms with Gasteiger partial charge in [-0.15, -0.1) is 0 Å². The summed E-state index contributed by atoms with van der Waals surface area (Å²) in [6, 6.07) is 8.91. The summed E-state index contributed by atoms with van der Waals surface area (Å²) in [6.07, 6.45) is 5.44. The summed E-state index contributed by atoms with van der Waals surface area (Å²) in [7, 11) is 0. The normalized spacial score (nSPS) is 16.1. The molecular formula is C24H32N4O3. The molecule has 2 aromatic rings. The molecule has 0 aliphatic carbocycles. The number of hydrogen-bond acceptors (Lipinski definition) is 5. The number of likely N-dealkylation sites (tertiary alicyclic amines) is 1. The maximum absolute atomic E-state index is 12.9. The maximum Gasteiger partial charge on any atom is 0.255 e. The largest absolute Gasteiger partial charge is 0.489 e. The second-order valence-electron chi connectivity index (χ2n) is 8.55. The highest BCUT2D eigenvalue weighted by Gasteiger charge is 2.26. The molecule has 0 bridgehead atoms. The van der Waals surface area contributed by atoms with Crippen molar-refractivity contribution in [2.75, 3.05) is 13.1 Å². The van der Waals surface area contributed by atoms with Crippen LogP contribution < -0.4 is 15.8 Å². The highest BCUT2D eigenvalue weighted by Crippen LogP contribution is 2.25. The Bertz CT molecular complexity index is 893. The minimum Gasteiger partial charge on any atom is -0.489 e. The Morgan fingerprint density at radius 1 is 1.19 bits per heavy atom. The molecule has 1 atom stereocenters. The summed E-state index contributed by atoms with van der Waals surface area (Å²) >= 11 is 0. The van der Waals surface area contributed by atoms with Gasteiger partial charge in [-0.25, -0.2) is 0 Å². The number of pyridine rings is 1. The molecule has 0 spiro atoms. The highest BCUT2D eigenvalue weighted by atomic mass is 16.5. The number of nitrogens with zero attached hydrogens (tertiary/aromatic N) is 2. The Labute approximate surface area is 184 Å². The lowest BCUT2D eigenvalue weighted by atomic mass is 10.0. The number of nitrogens with two attached hydrogens (primary N) is 1. The van der Waals surface area contributed by atoms with Crippen molar-refractivity contribution in [3.63, 3.8) is 0 Å². The van der Waals surface area contributed by atoms with E-state index in [4.69, 9.17) is 10.5 Å². The first-order valence-corrected chi connectivity index (χ1v) is 10.8. The van der Waals surface area contributed by atoms with Crippen molar-refractivity contribution in [2.45, 2.75) is 52.3 Å². The molecule has 0 radical (unpaired) electrons. The number of carbonyl (C=O) groups excluding carboxylic acids is 2. The van der Waals surface area contributed by atoms with Crippen LogP contribution in [0.2, 0.25) is 0 Å². The van der Waals surface area contributed by atoms with E-state index < -0.39 is 11.9 Å². The van der Waals surface area contributed by atoms with Gasteiger partial charge in [0.1, 0.15) is 17.9 Å². The summed E-state index contributed by atoms with van der Waals surface area (Å²) in [5.74, 6) is -0.436. The number of hydrogen-bond donors (Lipinski definition) is 2. The van der Waals surface area contributed by atoms with Crippen molar-refractivity contribution in [3.05, 3.63) is 59.4 Å². The Kier molecular flexibility index (Phi) is 7.63. The van der Waals surface area contributed by atoms with Gasteiger partial charge >= 0.3 is 0 Å². The zero-order chi connectivity index (χ0) is 22.4. The minimum atomic E-state index is -0.725. The van der Waals surface area contributed by atoms with E-state index >= 15 is 0 Å². The Morgan fingerprint density at radius 3 is 2.48 bits per heavy atom. The summed E-state index contributed by atoms with van der Waals surface area (Å²) in [6.45, 7) is 8.38. The first-order valence-electron chi connectivity index (χ1n) is 10.8. The Hall–Kier alpha value is -2.93. The molecule has 1 aromatic carbocycles. The average Bonchev–Trinajstić information content (AvgIpc) is 2.74. The third kappa shape index (κ3) is 6.28. The number of benzene rings is 1. The van der Waals surface area contributed by atoms with E-state index in [-0.39, 0.29) is 17.9 Å². The number of ether oxygens (including phenoxy) is 1. The molecule has 31 heavy (non-hydrogen) atoms. The maximum atomic E-state index is 12.9. The quantitative estimate of drug-likeness (QED) is 0.679. The van der Waals surface area contributed by atoms with Gasteiger partial charge in [-0.3, -0.25) is 19.5 Å². The molecule has 1 aromatic heterocycles. The van der Waals surface area contributed by atoms with Gasteiger partial charge in [0.15, 0.2) is 0 Å². The lowest BCUT2D eigenvalue weighted by Gasteiger charge is -2.32. The number of carbonyl (C=O) groups is 2. The molecule has 3 rings (SSSR count). The molecule has 1 aliphatic rings. The molecule has 7 heteroatoms. The van der Waals surface area contributed by atoms with Crippen molar-refractivity contribution < 1.29 is 14.3 Å². The molecule has 2 amide bonds. The van der Waals surface area contributed by atoms with Crippen LogP contribution in [0.15, 0.2) is 42.7 Å². The first-order chi connectivity index (χ1) is 14.8. The van der Waals surface area contributed by atoms with Crippen molar-refractivity contribution in [3.8, 4) is 5.75 Å². The van der Waals surface area contributed by atoms with Gasteiger partial charge in [-0.2, -0.15) is 0 Å². The SMILES string of the molecule is Cc1ccc(OC2CCN(Cc3ccncc3)CC2)c(C(=O)N[C@H](C(N)=O)C(C)C)c1. The summed E-state index contributed by atoms with van der Waals surface area (Å²) in [5.41, 5.74) is 8.09. The van der Waals surface area contributed by atoms with Gasteiger partial charge in [0.05, 0.1) is 5.56 Å². The van der Waals surface area contributed by atoms with Crippen LogP contribution in [0.4, 0.5) is 0 Å². The van der Waals surface area contributed by atoms with Crippen LogP contribution >= 0.6 is 0 Å². The second-order valence-corrected chi connectivity index (χ2v) is 8.55. The fourth-order valence-corrected chi connectivity index (χ4v) is 3.82. The Balaban J connectivity index is 1.63. The zero-order valence-corrected chi connectivity index (χ0v) is 18.5. The summed E-state index contributed by atoms with van der Waals surface area (Å²) in [4.78, 5) is 31.1. The zero-order valence-electron chi connectivity index (χ0n) is 18.5. The molecule has 166 valence electrons. The van der Waals surface area contributed by atoms with E-state index in [9.17, 15) is 9.59 Å². The average molecular weight is 425 g/mol. The van der Waals surface area contributed by atoms with Gasteiger partial charge < -0.3 is 15.8 Å². The van der Waals surface area contributed by atoms with Crippen LogP contribution in [0.1, 0.15) is 48.2 Å². The van der Waals surface area contributed by atoms with Gasteiger partial charge in [-0.1, -0.05) is 25.5 Å². The van der Waals surface area contributed by atoms with Gasteiger partial charge in [0.25, 0.3) is 5.91 Å². The number of primary amides is 1. The number of rotatable bonds is 8. The minimum absolute atomic E-state index is 0.0417. The molecule has 1 aliphatic heterocycles. The van der Waals surface area contributed by atoms with Crippen molar-refractivity contribution >= 4 is 11.8 Å². The van der Waals surface area contributed by atoms with E-state index in [2.05, 4.69) is 15.2 Å². The third-order valence-electron chi connectivity index (χ3n) is 5.62. The number of amides is 2. The molecule has 0 saturated carbocycles. The van der Waals surface area contributed by atoms with Gasteiger partial charge in [-0.05, 0) is 55.5 Å². The lowest BCUT2D eigenvalue weighted by Crippen LogP contribution is -2.47. The number of aryl methyl sites for hydroxylation is 1. The fraction of sp³-hybridized carbons (Fsp3) is 0.458. The van der Waals surface area contributed by atoms with E-state index in [0.29, 0.717) is 11.3 Å². The molecule has 0 unspecified atom stereocenters. The van der Waals surface area contributed by atoms with E-state index in [1.54, 1.807) is 6.07 Å². The molecular weight excluding hydrogens is 392 g/mol. The fourth-order valence-electron chi connectivity index (χ4n) is 3.82. The van der Waals surface area contributed by atoms with Crippen LogP contribution in [0, 0.1) is 12.8 Å². The van der Waals surface area contributed by atoms with E-state index in [1.807, 2.05) is 57.4 Å². The molecule has 1 fully saturated rings. The predicted molar refractivity (Wildman–Crippen MR) is 120 cm³/mol. The van der Waals surface area contributed by atoms with Crippen molar-refractivity contribution in [2.24, 2.45) is 11.7 Å². The highest BCUT2D eigenvalue weighted by molar-refractivity contribution is 5.99. The van der Waals surface area contributed by atoms with Crippen LogP contribution in [0.5, 0.6) is 5.75 Å². The molecule has 7 nitrogen and oxygen atoms in total. The van der Waals surface area contributed by atoms with Crippen LogP contribution in [-0.2, 0) is 11.3 Å². The summed E-state index contributed by atoms with van der Waals surface area (Å²) in [5, 5.41) is 2.76. The monoisotopic (exact) mass is 424 g/mol. The Morgan fingerprint density at radius 2 is 1.87 bits per heavy atom. The van der Waals surface area contributed by atoms with E-state index in [1.165, 1.54) is 5.56 Å². The van der Waals surface area contributed by atoms with Crippen LogP contribution in [-0.4, -0.2) is 46.9 Å². The molecule has 2 heterocycles. The van der Waals surface area contributed by atoms with E-state index in [0.717, 1.165) is 38.0 Å². The molecule has 1 saturated heterocycles. The predicted octanol–water partition coefficient (Wildman–Crippen LogP) is 2.67. The summed E-state index contributed by atoms with van der Waals surface area (Å²) < 4.78 is 6.25. The van der Waals surface area contributed by atoms with Crippen molar-refractivity contribution in [1.82, 2.24) is 15.2 Å². The smallest absolute Gasteiger partial charge is 0.255 e. The van der Waals surface area contributed by atoms with Gasteiger partial charge in [0, 0.05) is 32.0 Å². The van der Waals surface area contributed by atoms with Crippen LogP contribution in [0.3, 0.4) is 0 Å². The first kappa shape index (κ1) is 22.7. The molecule has 3 N–H and O–H groups in total. The topological polar surface area (TPSA) is 97.6 Å². The lowest BCUT2D eigenvalue weighted by molar-refractivity contribution is -0.120. The second kappa shape index (κ2) is 10.4. The van der Waals surface area contributed by atoms with Crippen molar-refractivity contribution in [1.29, 1.82) is 0 Å². The standard InChI is InChI=1S/C24H32N4O3/c1-16(2)22(23(25)29)27-24(30)20-14-17(3)4-5-21(20)31-19-8-12-28(13-9-19)15-18-6-10-26-11-7-18/h4-7,10-11,14,16,19,22H,8-9,12-13,15H2,1-3H3,(H2,25,29)(H,27,30)/t22-/m0/s1. The number of nitrogens with one attached hydrogen (secondary N) is 1. The van der Waals surface area contributed by atoms with Crippen LogP contribution in [0.25, 0.3) is 0 Å². The third-order valence-corrected chi connectivity index (χ3v) is 5.62. The van der Waals surface area contributed by atoms with Gasteiger partial charge in [0.2, 0.25) is 5.91 Å².